The first-order valence-corrected chi connectivity index (χ1v) is 6.12. The van der Waals surface area contributed by atoms with Crippen molar-refractivity contribution in [2.24, 2.45) is 0 Å². The van der Waals surface area contributed by atoms with Crippen molar-refractivity contribution < 1.29 is 19.1 Å². The Balaban J connectivity index is 2.27. The number of hydrogen-bond acceptors (Lipinski definition) is 3. The first-order valence-electron chi connectivity index (χ1n) is 6.12. The lowest BCUT2D eigenvalue weighted by atomic mass is 10.1. The number of halogens is 1. The van der Waals surface area contributed by atoms with Gasteiger partial charge in [-0.1, -0.05) is 36.4 Å². The average molecular weight is 284 g/mol. The molecule has 1 amide bonds. The lowest BCUT2D eigenvalue weighted by Crippen LogP contribution is -2.35. The summed E-state index contributed by atoms with van der Waals surface area (Å²) in [5.41, 5.74) is -0.169. The number of carboxylic acid groups (broad SMARTS) is 1. The van der Waals surface area contributed by atoms with Crippen LogP contribution in [0.1, 0.15) is 15.9 Å². The standard InChI is InChI=1S/C16H12FNO3/c17-13-9-5-4-8-12(13)10-14(16(20)21)18-15(19)11-6-2-1-3-7-11/h1-10H,(H,18,19)(H,20,21)/p-1. The minimum Gasteiger partial charge on any atom is -0.543 e. The number of carbonyl (C=O) groups is 2. The number of carbonyl (C=O) groups excluding carboxylic acids is 2. The van der Waals surface area contributed by atoms with Gasteiger partial charge in [0.15, 0.2) is 0 Å². The maximum atomic E-state index is 13.5. The van der Waals surface area contributed by atoms with E-state index in [-0.39, 0.29) is 11.1 Å². The topological polar surface area (TPSA) is 69.2 Å². The van der Waals surface area contributed by atoms with Gasteiger partial charge in [0.05, 0.1) is 11.7 Å². The number of aliphatic carboxylic acids is 1. The van der Waals surface area contributed by atoms with Crippen LogP contribution in [0.2, 0.25) is 0 Å². The predicted molar refractivity (Wildman–Crippen MR) is 73.3 cm³/mol. The van der Waals surface area contributed by atoms with E-state index in [1.807, 2.05) is 0 Å². The molecule has 0 atom stereocenters. The third kappa shape index (κ3) is 3.76. The van der Waals surface area contributed by atoms with E-state index in [0.29, 0.717) is 0 Å². The molecule has 0 spiro atoms. The molecule has 5 heteroatoms. The molecule has 2 aromatic rings. The van der Waals surface area contributed by atoms with Crippen LogP contribution in [0.5, 0.6) is 0 Å². The lowest BCUT2D eigenvalue weighted by molar-refractivity contribution is -0.299. The molecule has 0 bridgehead atoms. The van der Waals surface area contributed by atoms with Crippen LogP contribution in [0, 0.1) is 5.82 Å². The fourth-order valence-electron chi connectivity index (χ4n) is 1.68. The summed E-state index contributed by atoms with van der Waals surface area (Å²) in [4.78, 5) is 23.0. The zero-order valence-electron chi connectivity index (χ0n) is 10.9. The van der Waals surface area contributed by atoms with Gasteiger partial charge in [-0.3, -0.25) is 4.79 Å². The molecule has 21 heavy (non-hydrogen) atoms. The molecule has 0 heterocycles. The normalized spacial score (nSPS) is 11.0. The van der Waals surface area contributed by atoms with Gasteiger partial charge in [0.1, 0.15) is 5.82 Å². The van der Waals surface area contributed by atoms with Gasteiger partial charge in [0.25, 0.3) is 5.91 Å². The Morgan fingerprint density at radius 1 is 1.00 bits per heavy atom. The third-order valence-electron chi connectivity index (χ3n) is 2.71. The highest BCUT2D eigenvalue weighted by atomic mass is 19.1. The summed E-state index contributed by atoms with van der Waals surface area (Å²) >= 11 is 0. The Kier molecular flexibility index (Phi) is 4.46. The number of amides is 1. The number of rotatable bonds is 4. The molecule has 0 fully saturated rings. The van der Waals surface area contributed by atoms with Gasteiger partial charge in [-0.2, -0.15) is 0 Å². The number of hydrogen-bond donors (Lipinski definition) is 1. The Morgan fingerprint density at radius 2 is 1.62 bits per heavy atom. The number of carboxylic acids is 1. The molecule has 0 unspecified atom stereocenters. The van der Waals surface area contributed by atoms with E-state index in [1.54, 1.807) is 24.3 Å². The molecule has 2 rings (SSSR count). The van der Waals surface area contributed by atoms with Crippen molar-refractivity contribution in [3.8, 4) is 0 Å². The van der Waals surface area contributed by atoms with E-state index in [2.05, 4.69) is 5.32 Å². The molecule has 0 saturated heterocycles. The lowest BCUT2D eigenvalue weighted by Gasteiger charge is -2.11. The summed E-state index contributed by atoms with van der Waals surface area (Å²) in [5, 5.41) is 13.3. The van der Waals surface area contributed by atoms with Crippen molar-refractivity contribution >= 4 is 18.0 Å². The molecule has 0 aliphatic carbocycles. The Bertz CT molecular complexity index is 696. The molecule has 0 saturated carbocycles. The van der Waals surface area contributed by atoms with E-state index < -0.39 is 23.4 Å². The summed E-state index contributed by atoms with van der Waals surface area (Å²) < 4.78 is 13.5. The molecular formula is C16H11FNO3-. The minimum absolute atomic E-state index is 0.0464. The molecule has 0 radical (unpaired) electrons. The highest BCUT2D eigenvalue weighted by Crippen LogP contribution is 2.10. The SMILES string of the molecule is O=C([O-])C(=Cc1ccccc1F)NC(=O)c1ccccc1. The second kappa shape index (κ2) is 6.47. The van der Waals surface area contributed by atoms with Crippen LogP contribution < -0.4 is 10.4 Å². The highest BCUT2D eigenvalue weighted by molar-refractivity contribution is 6.02. The predicted octanol–water partition coefficient (Wildman–Crippen LogP) is 1.35. The molecule has 0 aliphatic heterocycles. The summed E-state index contributed by atoms with van der Waals surface area (Å²) in [5.74, 6) is -2.80. The monoisotopic (exact) mass is 284 g/mol. The Morgan fingerprint density at radius 3 is 2.24 bits per heavy atom. The fraction of sp³-hybridized carbons (Fsp3) is 0. The van der Waals surface area contributed by atoms with E-state index >= 15 is 0 Å². The van der Waals surface area contributed by atoms with E-state index in [0.717, 1.165) is 6.08 Å². The van der Waals surface area contributed by atoms with Crippen molar-refractivity contribution in [3.63, 3.8) is 0 Å². The van der Waals surface area contributed by atoms with E-state index in [9.17, 15) is 19.1 Å². The first-order chi connectivity index (χ1) is 10.1. The van der Waals surface area contributed by atoms with Crippen molar-refractivity contribution in [2.45, 2.75) is 0 Å². The van der Waals surface area contributed by atoms with Crippen molar-refractivity contribution in [3.05, 3.63) is 77.2 Å². The van der Waals surface area contributed by atoms with Gasteiger partial charge in [0.2, 0.25) is 0 Å². The van der Waals surface area contributed by atoms with Crippen LogP contribution >= 0.6 is 0 Å². The molecular weight excluding hydrogens is 273 g/mol. The molecule has 0 aromatic heterocycles. The third-order valence-corrected chi connectivity index (χ3v) is 2.71. The minimum atomic E-state index is -1.59. The van der Waals surface area contributed by atoms with Crippen LogP contribution in [0.15, 0.2) is 60.3 Å². The van der Waals surface area contributed by atoms with Crippen LogP contribution in [-0.2, 0) is 4.79 Å². The van der Waals surface area contributed by atoms with Gasteiger partial charge >= 0.3 is 0 Å². The molecule has 4 nitrogen and oxygen atoms in total. The Hall–Kier alpha value is -2.95. The summed E-state index contributed by atoms with van der Waals surface area (Å²) in [6.07, 6.45) is 1.02. The summed E-state index contributed by atoms with van der Waals surface area (Å²) in [6, 6.07) is 13.7. The van der Waals surface area contributed by atoms with Gasteiger partial charge in [-0.25, -0.2) is 4.39 Å². The van der Waals surface area contributed by atoms with E-state index in [4.69, 9.17) is 0 Å². The van der Waals surface area contributed by atoms with Crippen molar-refractivity contribution in [2.75, 3.05) is 0 Å². The van der Waals surface area contributed by atoms with Gasteiger partial charge in [-0.15, -0.1) is 0 Å². The molecule has 2 aromatic carbocycles. The average Bonchev–Trinajstić information content (AvgIpc) is 2.49. The van der Waals surface area contributed by atoms with Gasteiger partial charge in [-0.05, 0) is 24.3 Å². The van der Waals surface area contributed by atoms with Crippen LogP contribution in [0.3, 0.4) is 0 Å². The Labute approximate surface area is 120 Å². The number of benzene rings is 2. The smallest absolute Gasteiger partial charge is 0.255 e. The van der Waals surface area contributed by atoms with Gasteiger partial charge in [0, 0.05) is 11.1 Å². The maximum Gasteiger partial charge on any atom is 0.255 e. The largest absolute Gasteiger partial charge is 0.543 e. The van der Waals surface area contributed by atoms with Crippen LogP contribution in [0.4, 0.5) is 4.39 Å². The molecule has 106 valence electrons. The molecule has 1 N–H and O–H groups in total. The summed E-state index contributed by atoms with van der Waals surface area (Å²) in [7, 11) is 0. The zero-order valence-corrected chi connectivity index (χ0v) is 10.9. The van der Waals surface area contributed by atoms with Crippen LogP contribution in [-0.4, -0.2) is 11.9 Å². The van der Waals surface area contributed by atoms with Crippen LogP contribution in [0.25, 0.3) is 6.08 Å². The van der Waals surface area contributed by atoms with Crippen molar-refractivity contribution in [1.29, 1.82) is 0 Å². The second-order valence-corrected chi connectivity index (χ2v) is 4.19. The quantitative estimate of drug-likeness (QED) is 0.862. The fourth-order valence-corrected chi connectivity index (χ4v) is 1.68. The maximum absolute atomic E-state index is 13.5. The summed E-state index contributed by atoms with van der Waals surface area (Å²) in [6.45, 7) is 0. The second-order valence-electron chi connectivity index (χ2n) is 4.19. The van der Waals surface area contributed by atoms with Gasteiger partial charge < -0.3 is 15.2 Å². The first kappa shape index (κ1) is 14.5. The molecule has 0 aliphatic rings. The highest BCUT2D eigenvalue weighted by Gasteiger charge is 2.09. The number of nitrogens with one attached hydrogen (secondary N) is 1. The van der Waals surface area contributed by atoms with Crippen molar-refractivity contribution in [1.82, 2.24) is 5.32 Å². The zero-order chi connectivity index (χ0) is 15.2. The van der Waals surface area contributed by atoms with E-state index in [1.165, 1.54) is 30.3 Å².